The summed E-state index contributed by atoms with van der Waals surface area (Å²) in [5.74, 6) is -0.0853. The van der Waals surface area contributed by atoms with Crippen LogP contribution >= 0.6 is 11.3 Å². The number of pyridine rings is 1. The van der Waals surface area contributed by atoms with Crippen LogP contribution in [0.1, 0.15) is 35.8 Å². The molecule has 1 saturated heterocycles. The summed E-state index contributed by atoms with van der Waals surface area (Å²) in [5.41, 5.74) is 2.08. The van der Waals surface area contributed by atoms with Gasteiger partial charge in [-0.05, 0) is 60.9 Å². The van der Waals surface area contributed by atoms with Gasteiger partial charge < -0.3 is 10.2 Å². The van der Waals surface area contributed by atoms with Crippen LogP contribution < -0.4 is 5.32 Å². The molecule has 3 aromatic rings. The number of piperidine rings is 1. The van der Waals surface area contributed by atoms with E-state index in [9.17, 15) is 9.59 Å². The molecule has 1 aliphatic heterocycles. The second-order valence-corrected chi connectivity index (χ2v) is 8.98. The second-order valence-electron chi connectivity index (χ2n) is 8.04. The maximum absolute atomic E-state index is 13.2. The van der Waals surface area contributed by atoms with Crippen LogP contribution in [0.5, 0.6) is 0 Å². The number of carbonyl (C=O) groups excluding carboxylic acids is 2. The molecule has 3 heterocycles. The normalized spacial score (nSPS) is 18.5. The molecule has 1 aliphatic rings. The van der Waals surface area contributed by atoms with Gasteiger partial charge in [0.15, 0.2) is 0 Å². The molecule has 2 aromatic heterocycles. The third-order valence-corrected chi connectivity index (χ3v) is 6.79. The van der Waals surface area contributed by atoms with E-state index in [0.717, 1.165) is 18.4 Å². The van der Waals surface area contributed by atoms with Crippen LogP contribution in [0.2, 0.25) is 0 Å². The molecule has 0 radical (unpaired) electrons. The van der Waals surface area contributed by atoms with Crippen LogP contribution in [0.15, 0.2) is 66.2 Å². The molecule has 31 heavy (non-hydrogen) atoms. The van der Waals surface area contributed by atoms with Crippen molar-refractivity contribution in [1.82, 2.24) is 15.2 Å². The summed E-state index contributed by atoms with van der Waals surface area (Å²) in [4.78, 5) is 33.5. The Balaban J connectivity index is 1.58. The quantitative estimate of drug-likeness (QED) is 0.626. The molecule has 4 rings (SSSR count). The molecule has 0 saturated carbocycles. The zero-order chi connectivity index (χ0) is 21.7. The van der Waals surface area contributed by atoms with Gasteiger partial charge in [0.2, 0.25) is 5.91 Å². The van der Waals surface area contributed by atoms with Crippen LogP contribution in [-0.2, 0) is 11.2 Å². The van der Waals surface area contributed by atoms with Crippen LogP contribution in [0.25, 0.3) is 10.4 Å². The monoisotopic (exact) mass is 433 g/mol. The van der Waals surface area contributed by atoms with Crippen molar-refractivity contribution in [2.24, 2.45) is 5.41 Å². The van der Waals surface area contributed by atoms with Gasteiger partial charge in [-0.15, -0.1) is 11.3 Å². The van der Waals surface area contributed by atoms with Gasteiger partial charge in [0.25, 0.3) is 5.91 Å². The average Bonchev–Trinajstić information content (AvgIpc) is 3.35. The maximum atomic E-state index is 13.2. The van der Waals surface area contributed by atoms with Crippen molar-refractivity contribution in [2.45, 2.75) is 26.2 Å². The van der Waals surface area contributed by atoms with Crippen molar-refractivity contribution in [2.75, 3.05) is 19.6 Å². The van der Waals surface area contributed by atoms with Gasteiger partial charge >= 0.3 is 0 Å². The molecule has 0 bridgehead atoms. The molecule has 6 heteroatoms. The fourth-order valence-electron chi connectivity index (χ4n) is 4.33. The molecule has 2 amide bonds. The van der Waals surface area contributed by atoms with Crippen molar-refractivity contribution in [1.29, 1.82) is 0 Å². The van der Waals surface area contributed by atoms with Crippen molar-refractivity contribution < 1.29 is 9.59 Å². The number of nitrogens with one attached hydrogen (secondary N) is 1. The third-order valence-electron chi connectivity index (χ3n) is 5.87. The fourth-order valence-corrected chi connectivity index (χ4v) is 5.07. The predicted molar refractivity (Wildman–Crippen MR) is 124 cm³/mol. The number of hydrogen-bond donors (Lipinski definition) is 1. The van der Waals surface area contributed by atoms with Crippen LogP contribution in [0.3, 0.4) is 0 Å². The lowest BCUT2D eigenvalue weighted by atomic mass is 9.74. The van der Waals surface area contributed by atoms with E-state index in [2.05, 4.69) is 46.0 Å². The Bertz CT molecular complexity index is 1020. The molecule has 160 valence electrons. The maximum Gasteiger partial charge on any atom is 0.272 e. The summed E-state index contributed by atoms with van der Waals surface area (Å²) in [6.07, 6.45) is 3.79. The lowest BCUT2D eigenvalue weighted by Crippen LogP contribution is -2.54. The van der Waals surface area contributed by atoms with Crippen molar-refractivity contribution in [3.8, 4) is 10.4 Å². The predicted octanol–water partition coefficient (Wildman–Crippen LogP) is 4.41. The van der Waals surface area contributed by atoms with Crippen molar-refractivity contribution >= 4 is 23.2 Å². The van der Waals surface area contributed by atoms with E-state index in [0.29, 0.717) is 31.7 Å². The summed E-state index contributed by atoms with van der Waals surface area (Å²) in [7, 11) is 0. The number of rotatable bonds is 6. The first-order valence-electron chi connectivity index (χ1n) is 10.7. The Kier molecular flexibility index (Phi) is 6.47. The van der Waals surface area contributed by atoms with E-state index >= 15 is 0 Å². The minimum Gasteiger partial charge on any atom is -0.356 e. The average molecular weight is 434 g/mol. The number of amides is 2. The highest BCUT2D eigenvalue weighted by atomic mass is 32.1. The van der Waals surface area contributed by atoms with Gasteiger partial charge in [-0.1, -0.05) is 36.4 Å². The van der Waals surface area contributed by atoms with Gasteiger partial charge in [0.1, 0.15) is 5.69 Å². The summed E-state index contributed by atoms with van der Waals surface area (Å²) in [6, 6.07) is 17.9. The first-order chi connectivity index (χ1) is 15.1. The number of hydrogen-bond acceptors (Lipinski definition) is 4. The van der Waals surface area contributed by atoms with Crippen molar-refractivity contribution in [3.05, 3.63) is 77.4 Å². The van der Waals surface area contributed by atoms with Gasteiger partial charge in [-0.3, -0.25) is 14.6 Å². The zero-order valence-corrected chi connectivity index (χ0v) is 18.5. The molecular weight excluding hydrogens is 406 g/mol. The summed E-state index contributed by atoms with van der Waals surface area (Å²) in [5, 5.41) is 5.09. The summed E-state index contributed by atoms with van der Waals surface area (Å²) >= 11 is 1.72. The Morgan fingerprint density at radius 1 is 1.13 bits per heavy atom. The number of aromatic nitrogens is 1. The number of benzene rings is 1. The standard InChI is InChI=1S/C25H27N3O2S/c1-2-26-24(30)25(17-19-9-11-20(12-10-19)22-8-5-16-31-22)13-6-15-28(18-25)23(29)21-7-3-4-14-27-21/h3-5,7-12,14,16H,2,6,13,15,17-18H2,1H3,(H,26,30)/t25-/m1/s1. The second kappa shape index (κ2) is 9.43. The first kappa shape index (κ1) is 21.2. The van der Waals surface area contributed by atoms with Gasteiger partial charge in [-0.25, -0.2) is 0 Å². The highest BCUT2D eigenvalue weighted by molar-refractivity contribution is 7.13. The van der Waals surface area contributed by atoms with Crippen molar-refractivity contribution in [3.63, 3.8) is 0 Å². The van der Waals surface area contributed by atoms with Crippen LogP contribution in [0.4, 0.5) is 0 Å². The Hall–Kier alpha value is -2.99. The Morgan fingerprint density at radius 3 is 2.65 bits per heavy atom. The van der Waals surface area contributed by atoms with E-state index in [-0.39, 0.29) is 11.8 Å². The number of likely N-dealkylation sites (tertiary alicyclic amines) is 1. The van der Waals surface area contributed by atoms with E-state index in [4.69, 9.17) is 0 Å². The van der Waals surface area contributed by atoms with E-state index in [1.165, 1.54) is 10.4 Å². The molecule has 1 N–H and O–H groups in total. The molecule has 0 unspecified atom stereocenters. The van der Waals surface area contributed by atoms with E-state index < -0.39 is 5.41 Å². The van der Waals surface area contributed by atoms with E-state index in [1.807, 2.05) is 19.1 Å². The molecule has 5 nitrogen and oxygen atoms in total. The molecule has 1 fully saturated rings. The van der Waals surface area contributed by atoms with Gasteiger partial charge in [-0.2, -0.15) is 0 Å². The zero-order valence-electron chi connectivity index (χ0n) is 17.7. The van der Waals surface area contributed by atoms with Crippen LogP contribution in [0, 0.1) is 5.41 Å². The Morgan fingerprint density at radius 2 is 1.97 bits per heavy atom. The van der Waals surface area contributed by atoms with Gasteiger partial charge in [0.05, 0.1) is 5.41 Å². The summed E-state index contributed by atoms with van der Waals surface area (Å²) < 4.78 is 0. The Labute approximate surface area is 187 Å². The summed E-state index contributed by atoms with van der Waals surface area (Å²) in [6.45, 7) is 3.56. The number of thiophene rings is 1. The highest BCUT2D eigenvalue weighted by Gasteiger charge is 2.43. The number of nitrogens with zero attached hydrogens (tertiary/aromatic N) is 2. The largest absolute Gasteiger partial charge is 0.356 e. The lowest BCUT2D eigenvalue weighted by molar-refractivity contribution is -0.133. The topological polar surface area (TPSA) is 62.3 Å². The highest BCUT2D eigenvalue weighted by Crippen LogP contribution is 2.35. The minimum absolute atomic E-state index is 0.0239. The smallest absolute Gasteiger partial charge is 0.272 e. The third kappa shape index (κ3) is 4.69. The van der Waals surface area contributed by atoms with Crippen LogP contribution in [-0.4, -0.2) is 41.3 Å². The van der Waals surface area contributed by atoms with E-state index in [1.54, 1.807) is 34.6 Å². The minimum atomic E-state index is -0.636. The van der Waals surface area contributed by atoms with Gasteiger partial charge in [0, 0.05) is 30.7 Å². The molecule has 1 atom stereocenters. The first-order valence-corrected chi connectivity index (χ1v) is 11.6. The molecule has 0 aliphatic carbocycles. The number of carbonyl (C=O) groups is 2. The molecule has 1 aromatic carbocycles. The fraction of sp³-hybridized carbons (Fsp3) is 0.320. The molecular formula is C25H27N3O2S. The lowest BCUT2D eigenvalue weighted by Gasteiger charge is -2.41. The molecule has 0 spiro atoms. The SMILES string of the molecule is CCNC(=O)[C@@]1(Cc2ccc(-c3cccs3)cc2)CCCN(C(=O)c2ccccn2)C1.